The number of pyridine rings is 1. The van der Waals surface area contributed by atoms with Gasteiger partial charge in [-0.3, -0.25) is 4.98 Å². The summed E-state index contributed by atoms with van der Waals surface area (Å²) in [5.41, 5.74) is 1.15. The lowest BCUT2D eigenvalue weighted by molar-refractivity contribution is 0.227. The summed E-state index contributed by atoms with van der Waals surface area (Å²) in [4.78, 5) is 4.00. The molecule has 1 aromatic heterocycles. The lowest BCUT2D eigenvalue weighted by Gasteiger charge is -2.33. The van der Waals surface area contributed by atoms with Gasteiger partial charge in [-0.15, -0.1) is 0 Å². The van der Waals surface area contributed by atoms with Crippen LogP contribution in [-0.4, -0.2) is 11.0 Å². The highest BCUT2D eigenvalue weighted by atomic mass is 35.5. The molecule has 1 heterocycles. The molecule has 3 atom stereocenters. The SMILES string of the molecule is CC1CCC(NCc2ccncc2Cl)C(C)C1. The van der Waals surface area contributed by atoms with Crippen LogP contribution in [0.2, 0.25) is 5.02 Å². The monoisotopic (exact) mass is 252 g/mol. The number of hydrogen-bond acceptors (Lipinski definition) is 2. The van der Waals surface area contributed by atoms with Gasteiger partial charge in [0.25, 0.3) is 0 Å². The molecular weight excluding hydrogens is 232 g/mol. The van der Waals surface area contributed by atoms with Crippen LogP contribution in [0.1, 0.15) is 38.7 Å². The van der Waals surface area contributed by atoms with Gasteiger partial charge in [-0.25, -0.2) is 0 Å². The normalized spacial score (nSPS) is 29.2. The van der Waals surface area contributed by atoms with Gasteiger partial charge in [0.05, 0.1) is 5.02 Å². The topological polar surface area (TPSA) is 24.9 Å². The second-order valence-electron chi connectivity index (χ2n) is 5.35. The van der Waals surface area contributed by atoms with Crippen molar-refractivity contribution in [3.8, 4) is 0 Å². The Bertz CT molecular complexity index is 367. The lowest BCUT2D eigenvalue weighted by Crippen LogP contribution is -2.38. The van der Waals surface area contributed by atoms with Gasteiger partial charge in [0.15, 0.2) is 0 Å². The molecule has 0 aromatic carbocycles. The lowest BCUT2D eigenvalue weighted by atomic mass is 9.80. The maximum Gasteiger partial charge on any atom is 0.0634 e. The molecule has 0 bridgehead atoms. The van der Waals surface area contributed by atoms with E-state index in [4.69, 9.17) is 11.6 Å². The molecule has 0 spiro atoms. The van der Waals surface area contributed by atoms with Gasteiger partial charge in [0, 0.05) is 25.0 Å². The summed E-state index contributed by atoms with van der Waals surface area (Å²) in [6, 6.07) is 2.63. The average Bonchev–Trinajstić information content (AvgIpc) is 2.30. The van der Waals surface area contributed by atoms with Crippen molar-refractivity contribution in [3.63, 3.8) is 0 Å². The number of rotatable bonds is 3. The zero-order valence-electron chi connectivity index (χ0n) is 10.6. The second kappa shape index (κ2) is 5.83. The van der Waals surface area contributed by atoms with E-state index in [1.807, 2.05) is 6.07 Å². The van der Waals surface area contributed by atoms with Crippen molar-refractivity contribution in [2.24, 2.45) is 11.8 Å². The Morgan fingerprint density at radius 3 is 2.94 bits per heavy atom. The van der Waals surface area contributed by atoms with Crippen molar-refractivity contribution in [2.45, 2.75) is 45.7 Å². The van der Waals surface area contributed by atoms with Crippen LogP contribution in [0.15, 0.2) is 18.5 Å². The molecule has 0 amide bonds. The highest BCUT2D eigenvalue weighted by molar-refractivity contribution is 6.31. The van der Waals surface area contributed by atoms with Crippen LogP contribution in [0, 0.1) is 11.8 Å². The zero-order valence-corrected chi connectivity index (χ0v) is 11.4. The van der Waals surface area contributed by atoms with Crippen LogP contribution in [0.4, 0.5) is 0 Å². The average molecular weight is 253 g/mol. The summed E-state index contributed by atoms with van der Waals surface area (Å²) in [7, 11) is 0. The number of hydrogen-bond donors (Lipinski definition) is 1. The van der Waals surface area contributed by atoms with Crippen molar-refractivity contribution in [3.05, 3.63) is 29.0 Å². The third-order valence-corrected chi connectivity index (χ3v) is 4.18. The molecule has 1 aliphatic carbocycles. The largest absolute Gasteiger partial charge is 0.310 e. The van der Waals surface area contributed by atoms with Gasteiger partial charge in [-0.2, -0.15) is 0 Å². The smallest absolute Gasteiger partial charge is 0.0634 e. The molecule has 1 fully saturated rings. The highest BCUT2D eigenvalue weighted by Crippen LogP contribution is 2.29. The van der Waals surface area contributed by atoms with E-state index in [9.17, 15) is 0 Å². The summed E-state index contributed by atoms with van der Waals surface area (Å²) in [6.45, 7) is 5.55. The van der Waals surface area contributed by atoms with E-state index in [1.165, 1.54) is 19.3 Å². The third-order valence-electron chi connectivity index (χ3n) is 3.84. The first kappa shape index (κ1) is 12.8. The minimum atomic E-state index is 0.635. The minimum Gasteiger partial charge on any atom is -0.310 e. The van der Waals surface area contributed by atoms with E-state index >= 15 is 0 Å². The molecule has 2 rings (SSSR count). The number of halogens is 1. The Morgan fingerprint density at radius 1 is 1.41 bits per heavy atom. The summed E-state index contributed by atoms with van der Waals surface area (Å²) in [5, 5.41) is 4.40. The van der Waals surface area contributed by atoms with Crippen LogP contribution < -0.4 is 5.32 Å². The van der Waals surface area contributed by atoms with Crippen LogP contribution in [0.25, 0.3) is 0 Å². The van der Waals surface area contributed by atoms with Crippen LogP contribution in [0.3, 0.4) is 0 Å². The molecule has 2 nitrogen and oxygen atoms in total. The van der Waals surface area contributed by atoms with Gasteiger partial charge in [-0.05, 0) is 42.7 Å². The Morgan fingerprint density at radius 2 is 2.24 bits per heavy atom. The molecule has 0 radical (unpaired) electrons. The van der Waals surface area contributed by atoms with Gasteiger partial charge in [-0.1, -0.05) is 25.4 Å². The number of aromatic nitrogens is 1. The predicted molar refractivity (Wildman–Crippen MR) is 72.1 cm³/mol. The zero-order chi connectivity index (χ0) is 12.3. The first-order valence-corrected chi connectivity index (χ1v) is 6.86. The summed E-state index contributed by atoms with van der Waals surface area (Å²) in [5.74, 6) is 1.65. The first-order valence-electron chi connectivity index (χ1n) is 6.48. The van der Waals surface area contributed by atoms with E-state index in [1.54, 1.807) is 12.4 Å². The van der Waals surface area contributed by atoms with Gasteiger partial charge in [0.1, 0.15) is 0 Å². The van der Waals surface area contributed by atoms with Gasteiger partial charge >= 0.3 is 0 Å². The third kappa shape index (κ3) is 3.43. The van der Waals surface area contributed by atoms with Crippen molar-refractivity contribution < 1.29 is 0 Å². The quantitative estimate of drug-likeness (QED) is 0.888. The number of nitrogens with zero attached hydrogens (tertiary/aromatic N) is 1. The fourth-order valence-corrected chi connectivity index (χ4v) is 2.94. The fraction of sp³-hybridized carbons (Fsp3) is 0.643. The van der Waals surface area contributed by atoms with Gasteiger partial charge in [0.2, 0.25) is 0 Å². The molecule has 1 saturated carbocycles. The van der Waals surface area contributed by atoms with E-state index in [2.05, 4.69) is 24.1 Å². The van der Waals surface area contributed by atoms with Crippen molar-refractivity contribution in [1.29, 1.82) is 0 Å². The van der Waals surface area contributed by atoms with E-state index in [0.717, 1.165) is 29.0 Å². The molecule has 0 aliphatic heterocycles. The molecule has 17 heavy (non-hydrogen) atoms. The van der Waals surface area contributed by atoms with E-state index in [0.29, 0.717) is 6.04 Å². The minimum absolute atomic E-state index is 0.635. The van der Waals surface area contributed by atoms with E-state index < -0.39 is 0 Å². The van der Waals surface area contributed by atoms with Crippen LogP contribution >= 0.6 is 11.6 Å². The Balaban J connectivity index is 1.88. The molecule has 0 saturated heterocycles. The maximum absolute atomic E-state index is 6.10. The Kier molecular flexibility index (Phi) is 4.41. The van der Waals surface area contributed by atoms with Crippen LogP contribution in [-0.2, 0) is 6.54 Å². The molecule has 1 aliphatic rings. The molecule has 1 N–H and O–H groups in total. The molecular formula is C14H21ClN2. The first-order chi connectivity index (χ1) is 8.16. The standard InChI is InChI=1S/C14H21ClN2/c1-10-3-4-14(11(2)7-10)17-8-12-5-6-16-9-13(12)15/h5-6,9-11,14,17H,3-4,7-8H2,1-2H3. The van der Waals surface area contributed by atoms with Crippen molar-refractivity contribution in [2.75, 3.05) is 0 Å². The molecule has 94 valence electrons. The van der Waals surface area contributed by atoms with E-state index in [-0.39, 0.29) is 0 Å². The van der Waals surface area contributed by atoms with Crippen LogP contribution in [0.5, 0.6) is 0 Å². The molecule has 3 heteroatoms. The fourth-order valence-electron chi connectivity index (χ4n) is 2.76. The summed E-state index contributed by atoms with van der Waals surface area (Å²) in [6.07, 6.45) is 7.47. The summed E-state index contributed by atoms with van der Waals surface area (Å²) >= 11 is 6.10. The molecule has 1 aromatic rings. The Labute approximate surface area is 109 Å². The van der Waals surface area contributed by atoms with Crippen molar-refractivity contribution in [1.82, 2.24) is 10.3 Å². The van der Waals surface area contributed by atoms with Crippen molar-refractivity contribution >= 4 is 11.6 Å². The van der Waals surface area contributed by atoms with Gasteiger partial charge < -0.3 is 5.32 Å². The predicted octanol–water partition coefficient (Wildman–Crippen LogP) is 3.65. The number of nitrogens with one attached hydrogen (secondary N) is 1. The second-order valence-corrected chi connectivity index (χ2v) is 5.76. The molecule has 3 unspecified atom stereocenters. The summed E-state index contributed by atoms with van der Waals surface area (Å²) < 4.78 is 0. The maximum atomic E-state index is 6.10. The Hall–Kier alpha value is -0.600. The highest BCUT2D eigenvalue weighted by Gasteiger charge is 2.24.